The number of amides is 1. The Labute approximate surface area is 153 Å². The van der Waals surface area contributed by atoms with E-state index in [0.29, 0.717) is 31.4 Å². The minimum Gasteiger partial charge on any atom is -0.426 e. The molecule has 0 atom stereocenters. The summed E-state index contributed by atoms with van der Waals surface area (Å²) >= 11 is 0. The van der Waals surface area contributed by atoms with Crippen LogP contribution in [-0.2, 0) is 15.0 Å². The van der Waals surface area contributed by atoms with Crippen LogP contribution >= 0.6 is 0 Å². The maximum Gasteiger partial charge on any atom is 0.321 e. The zero-order valence-electron chi connectivity index (χ0n) is 14.8. The van der Waals surface area contributed by atoms with E-state index in [1.54, 1.807) is 17.6 Å². The SMILES string of the molecule is Cc1ccc(C2(C(=O)Oc3ccccc3)CCC(C(=O)NO)CC2)cc1. The highest BCUT2D eigenvalue weighted by atomic mass is 16.5. The van der Waals surface area contributed by atoms with Crippen LogP contribution in [0.4, 0.5) is 0 Å². The van der Waals surface area contributed by atoms with Gasteiger partial charge in [0.25, 0.3) is 0 Å². The van der Waals surface area contributed by atoms with E-state index in [4.69, 9.17) is 9.94 Å². The molecule has 0 radical (unpaired) electrons. The van der Waals surface area contributed by atoms with Crippen molar-refractivity contribution in [3.8, 4) is 5.75 Å². The van der Waals surface area contributed by atoms with Gasteiger partial charge in [0.2, 0.25) is 5.91 Å². The van der Waals surface area contributed by atoms with E-state index in [-0.39, 0.29) is 17.8 Å². The molecule has 1 amide bonds. The molecule has 0 aliphatic heterocycles. The number of nitrogens with one attached hydrogen (secondary N) is 1. The molecule has 0 spiro atoms. The van der Waals surface area contributed by atoms with Crippen molar-refractivity contribution in [2.45, 2.75) is 38.0 Å². The predicted octanol–water partition coefficient (Wildman–Crippen LogP) is 3.53. The highest BCUT2D eigenvalue weighted by Crippen LogP contribution is 2.43. The molecule has 136 valence electrons. The van der Waals surface area contributed by atoms with Gasteiger partial charge in [0.15, 0.2) is 0 Å². The molecule has 5 heteroatoms. The third kappa shape index (κ3) is 3.63. The lowest BCUT2D eigenvalue weighted by Crippen LogP contribution is -2.44. The van der Waals surface area contributed by atoms with Gasteiger partial charge in [-0.1, -0.05) is 48.0 Å². The third-order valence-corrected chi connectivity index (χ3v) is 5.27. The first-order valence-electron chi connectivity index (χ1n) is 8.83. The summed E-state index contributed by atoms with van der Waals surface area (Å²) in [5.74, 6) is -0.461. The van der Waals surface area contributed by atoms with Crippen molar-refractivity contribution in [2.75, 3.05) is 0 Å². The lowest BCUT2D eigenvalue weighted by atomic mass is 9.66. The Morgan fingerprint density at radius 2 is 1.65 bits per heavy atom. The Hall–Kier alpha value is -2.66. The topological polar surface area (TPSA) is 75.6 Å². The van der Waals surface area contributed by atoms with Crippen LogP contribution in [0.2, 0.25) is 0 Å². The first-order chi connectivity index (χ1) is 12.5. The van der Waals surface area contributed by atoms with Gasteiger partial charge in [-0.05, 0) is 50.3 Å². The molecule has 3 rings (SSSR count). The van der Waals surface area contributed by atoms with Crippen molar-refractivity contribution in [1.29, 1.82) is 0 Å². The van der Waals surface area contributed by atoms with E-state index in [9.17, 15) is 9.59 Å². The Bertz CT molecular complexity index is 762. The number of ether oxygens (including phenoxy) is 1. The van der Waals surface area contributed by atoms with Gasteiger partial charge in [-0.2, -0.15) is 0 Å². The maximum absolute atomic E-state index is 13.1. The quantitative estimate of drug-likeness (QED) is 0.382. The highest BCUT2D eigenvalue weighted by Gasteiger charge is 2.46. The standard InChI is InChI=1S/C21H23NO4/c1-15-7-9-17(10-8-15)21(13-11-16(12-14-21)19(23)22-25)20(24)26-18-5-3-2-4-6-18/h2-10,16,25H,11-14H2,1H3,(H,22,23). The molecule has 2 aromatic rings. The molecule has 0 aromatic heterocycles. The lowest BCUT2D eigenvalue weighted by molar-refractivity contribution is -0.145. The number of aryl methyl sites for hydroxylation is 1. The Morgan fingerprint density at radius 1 is 1.04 bits per heavy atom. The van der Waals surface area contributed by atoms with Crippen molar-refractivity contribution >= 4 is 11.9 Å². The first-order valence-corrected chi connectivity index (χ1v) is 8.83. The third-order valence-electron chi connectivity index (χ3n) is 5.27. The maximum atomic E-state index is 13.1. The molecule has 2 aromatic carbocycles. The predicted molar refractivity (Wildman–Crippen MR) is 96.8 cm³/mol. The van der Waals surface area contributed by atoms with E-state index in [0.717, 1.165) is 11.1 Å². The second-order valence-electron chi connectivity index (χ2n) is 6.90. The van der Waals surface area contributed by atoms with Crippen LogP contribution in [0.3, 0.4) is 0 Å². The number of esters is 1. The average Bonchev–Trinajstić information content (AvgIpc) is 2.68. The number of benzene rings is 2. The van der Waals surface area contributed by atoms with E-state index >= 15 is 0 Å². The van der Waals surface area contributed by atoms with Crippen molar-refractivity contribution in [3.05, 3.63) is 65.7 Å². The van der Waals surface area contributed by atoms with Crippen LogP contribution in [0.25, 0.3) is 0 Å². The Balaban J connectivity index is 1.88. The number of para-hydroxylation sites is 1. The number of hydrogen-bond acceptors (Lipinski definition) is 4. The number of hydrogen-bond donors (Lipinski definition) is 2. The van der Waals surface area contributed by atoms with E-state index in [2.05, 4.69) is 0 Å². The van der Waals surface area contributed by atoms with Gasteiger partial charge in [0.05, 0.1) is 5.41 Å². The fraction of sp³-hybridized carbons (Fsp3) is 0.333. The fourth-order valence-corrected chi connectivity index (χ4v) is 3.64. The summed E-state index contributed by atoms with van der Waals surface area (Å²) in [7, 11) is 0. The summed E-state index contributed by atoms with van der Waals surface area (Å²) in [6.45, 7) is 2.00. The molecule has 0 saturated heterocycles. The zero-order valence-corrected chi connectivity index (χ0v) is 14.8. The number of hydroxylamine groups is 1. The molecule has 26 heavy (non-hydrogen) atoms. The number of carbonyl (C=O) groups is 2. The van der Waals surface area contributed by atoms with Gasteiger partial charge in [-0.3, -0.25) is 14.8 Å². The molecular formula is C21H23NO4. The fourth-order valence-electron chi connectivity index (χ4n) is 3.64. The minimum atomic E-state index is -0.782. The smallest absolute Gasteiger partial charge is 0.321 e. The van der Waals surface area contributed by atoms with E-state index in [1.165, 1.54) is 0 Å². The molecule has 1 saturated carbocycles. The molecule has 0 bridgehead atoms. The second kappa shape index (κ2) is 7.70. The highest BCUT2D eigenvalue weighted by molar-refractivity contribution is 5.86. The van der Waals surface area contributed by atoms with Gasteiger partial charge >= 0.3 is 5.97 Å². The van der Waals surface area contributed by atoms with Crippen LogP contribution in [-0.4, -0.2) is 17.1 Å². The molecule has 2 N–H and O–H groups in total. The Kier molecular flexibility index (Phi) is 5.38. The van der Waals surface area contributed by atoms with Gasteiger partial charge in [0, 0.05) is 5.92 Å². The van der Waals surface area contributed by atoms with Gasteiger partial charge in [0.1, 0.15) is 5.75 Å². The normalized spacial score (nSPS) is 22.5. The van der Waals surface area contributed by atoms with Crippen LogP contribution in [0.1, 0.15) is 36.8 Å². The van der Waals surface area contributed by atoms with Gasteiger partial charge < -0.3 is 4.74 Å². The first kappa shape index (κ1) is 18.1. The number of rotatable bonds is 4. The molecule has 0 heterocycles. The zero-order chi connectivity index (χ0) is 18.6. The van der Waals surface area contributed by atoms with Gasteiger partial charge in [-0.25, -0.2) is 5.48 Å². The van der Waals surface area contributed by atoms with Crippen molar-refractivity contribution < 1.29 is 19.5 Å². The molecule has 0 unspecified atom stereocenters. The molecule has 1 aliphatic carbocycles. The summed E-state index contributed by atoms with van der Waals surface area (Å²) < 4.78 is 5.68. The molecule has 1 fully saturated rings. The Morgan fingerprint density at radius 3 is 2.23 bits per heavy atom. The summed E-state index contributed by atoms with van der Waals surface area (Å²) in [4.78, 5) is 24.9. The summed E-state index contributed by atoms with van der Waals surface area (Å²) in [6.07, 6.45) is 2.04. The molecule has 1 aliphatic rings. The van der Waals surface area contributed by atoms with Crippen LogP contribution in [0.5, 0.6) is 5.75 Å². The molecule has 5 nitrogen and oxygen atoms in total. The van der Waals surface area contributed by atoms with Crippen molar-refractivity contribution in [1.82, 2.24) is 5.48 Å². The average molecular weight is 353 g/mol. The minimum absolute atomic E-state index is 0.289. The van der Waals surface area contributed by atoms with Crippen LogP contribution < -0.4 is 10.2 Å². The van der Waals surface area contributed by atoms with Crippen LogP contribution in [0.15, 0.2) is 54.6 Å². The summed E-state index contributed by atoms with van der Waals surface area (Å²) in [6, 6.07) is 16.9. The van der Waals surface area contributed by atoms with Crippen molar-refractivity contribution in [3.63, 3.8) is 0 Å². The largest absolute Gasteiger partial charge is 0.426 e. The lowest BCUT2D eigenvalue weighted by Gasteiger charge is -2.37. The second-order valence-corrected chi connectivity index (χ2v) is 6.90. The molecular weight excluding hydrogens is 330 g/mol. The monoisotopic (exact) mass is 353 g/mol. The van der Waals surface area contributed by atoms with Crippen molar-refractivity contribution in [2.24, 2.45) is 5.92 Å². The van der Waals surface area contributed by atoms with Gasteiger partial charge in [-0.15, -0.1) is 0 Å². The summed E-state index contributed by atoms with van der Waals surface area (Å²) in [5.41, 5.74) is 2.97. The van der Waals surface area contributed by atoms with E-state index < -0.39 is 5.41 Å². The summed E-state index contributed by atoms with van der Waals surface area (Å²) in [5, 5.41) is 8.88. The number of carbonyl (C=O) groups excluding carboxylic acids is 2. The van der Waals surface area contributed by atoms with Crippen LogP contribution in [0, 0.1) is 12.8 Å². The van der Waals surface area contributed by atoms with E-state index in [1.807, 2.05) is 49.4 Å².